The third-order valence-corrected chi connectivity index (χ3v) is 25.5. The van der Waals surface area contributed by atoms with Crippen LogP contribution in [0.3, 0.4) is 0 Å². The molecule has 8 N–H and O–H groups in total. The van der Waals surface area contributed by atoms with Gasteiger partial charge in [-0.2, -0.15) is 0 Å². The molecule has 2 saturated heterocycles. The number of ketones is 1. The van der Waals surface area contributed by atoms with Crippen LogP contribution in [0.4, 0.5) is 0 Å². The van der Waals surface area contributed by atoms with Gasteiger partial charge in [-0.05, 0) is 184 Å². The number of Topliss-reactive ketones (excluding diaryl/α,β-unsaturated/α-hetero) is 1. The lowest BCUT2D eigenvalue weighted by Gasteiger charge is -2.74. The fourth-order valence-corrected chi connectivity index (χ4v) is 22.3. The zero-order chi connectivity index (χ0) is 52.6. The molecule has 0 radical (unpaired) electrons. The maximum absolute atomic E-state index is 16.7. The second-order valence-electron chi connectivity index (χ2n) is 28.6. The second kappa shape index (κ2) is 17.0. The van der Waals surface area contributed by atoms with Gasteiger partial charge in [0.2, 0.25) is 0 Å². The van der Waals surface area contributed by atoms with E-state index in [2.05, 4.69) is 79.6 Å². The standard InChI is InChI=1S/C66H86N2O8/c1-39-22-29-75-64(32-39,57-56(76-57)60(4,73)58(2,38-70)25-18-40-20-27-68-51(67)30-40)50-31-45-16-17-47-53-52-44(35-59(50,3)66(45,53)74)15-14-43-11-6-5-10-42(43)12-9-13-49-61(23-7-8-24-61)37-62-26-19-46-48(71)36-65(49,62)63(52,54(46)55(47)72)34-41(33-62)21-28-69/h5-6,10-11,19-20,26,30,33,39,44-46,48-50,52,54,56-57,68-71,73-74H,7-8,12,14-18,21-25,27-29,31-32,34-38,67H2,1-4H3/t39-,44+,45-,46-,48-,49-,50-,52-,54-,56-,57-,58-,59+,60-,62-,63+,64+,65+,66+/m0/s1. The fourth-order valence-electron chi connectivity index (χ4n) is 22.3. The van der Waals surface area contributed by atoms with Gasteiger partial charge in [0.05, 0.1) is 29.7 Å². The number of ether oxygens (including phenoxy) is 2. The lowest BCUT2D eigenvalue weighted by atomic mass is 9.29. The number of dihydropyridines is 1. The zero-order valence-corrected chi connectivity index (χ0v) is 45.8. The normalized spacial score (nSPS) is 47.3. The Labute approximate surface area is 451 Å². The Morgan fingerprint density at radius 2 is 1.80 bits per heavy atom. The third-order valence-electron chi connectivity index (χ3n) is 25.5. The van der Waals surface area contributed by atoms with Crippen LogP contribution in [0, 0.1) is 91.7 Å². The summed E-state index contributed by atoms with van der Waals surface area (Å²) < 4.78 is 14.5. The number of hydrogen-bond donors (Lipinski definition) is 7. The van der Waals surface area contributed by atoms with Crippen LogP contribution in [0.15, 0.2) is 82.8 Å². The van der Waals surface area contributed by atoms with Crippen LogP contribution in [-0.4, -0.2) is 92.8 Å². The molecule has 10 heteroatoms. The van der Waals surface area contributed by atoms with Gasteiger partial charge < -0.3 is 46.1 Å². The molecule has 408 valence electrons. The van der Waals surface area contributed by atoms with Crippen molar-refractivity contribution in [3.8, 4) is 11.8 Å². The molecule has 19 atom stereocenters. The molecule has 0 aromatic heterocycles. The first-order valence-electron chi connectivity index (χ1n) is 30.2. The second-order valence-corrected chi connectivity index (χ2v) is 28.6. The topological polar surface area (TPSA) is 178 Å². The fraction of sp³-hybridized carbons (Fsp3) is 0.712. The summed E-state index contributed by atoms with van der Waals surface area (Å²) in [7, 11) is 0. The lowest BCUT2D eigenvalue weighted by molar-refractivity contribution is -0.242. The van der Waals surface area contributed by atoms with Gasteiger partial charge in [0.1, 0.15) is 17.8 Å². The average molecular weight is 1040 g/mol. The molecule has 3 heterocycles. The van der Waals surface area contributed by atoms with E-state index in [1.807, 2.05) is 19.9 Å². The number of aliphatic hydroxyl groups excluding tert-OH is 3. The van der Waals surface area contributed by atoms with Crippen molar-refractivity contribution in [3.63, 3.8) is 0 Å². The molecular formula is C66H86N2O8. The summed E-state index contributed by atoms with van der Waals surface area (Å²) in [5.41, 5.74) is 6.01. The van der Waals surface area contributed by atoms with E-state index < -0.39 is 68.1 Å². The number of rotatable bonds is 10. The van der Waals surface area contributed by atoms with Gasteiger partial charge in [-0.15, -0.1) is 0 Å². The molecule has 0 amide bonds. The summed E-state index contributed by atoms with van der Waals surface area (Å²) in [5, 5.41) is 66.5. The number of allylic oxidation sites excluding steroid dienone is 5. The van der Waals surface area contributed by atoms with Gasteiger partial charge >= 0.3 is 0 Å². The molecule has 10 nitrogen and oxygen atoms in total. The summed E-state index contributed by atoms with van der Waals surface area (Å²) in [6.45, 7) is 9.58. The molecule has 3 spiro atoms. The van der Waals surface area contributed by atoms with Gasteiger partial charge in [-0.25, -0.2) is 0 Å². The smallest absolute Gasteiger partial charge is 0.163 e. The van der Waals surface area contributed by atoms with E-state index in [0.29, 0.717) is 76.3 Å². The number of epoxide rings is 1. The lowest BCUT2D eigenvalue weighted by Crippen LogP contribution is -2.74. The van der Waals surface area contributed by atoms with Crippen molar-refractivity contribution >= 4 is 5.78 Å². The van der Waals surface area contributed by atoms with Gasteiger partial charge in [0, 0.05) is 65.6 Å². The van der Waals surface area contributed by atoms with Crippen LogP contribution < -0.4 is 11.1 Å². The van der Waals surface area contributed by atoms with Crippen LogP contribution in [0.5, 0.6) is 0 Å². The number of carbonyl (C=O) groups excluding carboxylic acids is 1. The molecule has 15 rings (SSSR count). The van der Waals surface area contributed by atoms with Gasteiger partial charge in [0.15, 0.2) is 5.78 Å². The van der Waals surface area contributed by atoms with Crippen LogP contribution >= 0.6 is 0 Å². The summed E-state index contributed by atoms with van der Waals surface area (Å²) in [6, 6.07) is 8.93. The summed E-state index contributed by atoms with van der Waals surface area (Å²) in [4.78, 5) is 16.7. The van der Waals surface area contributed by atoms with Crippen molar-refractivity contribution in [2.24, 2.45) is 85.6 Å². The number of hydrogen-bond acceptors (Lipinski definition) is 10. The van der Waals surface area contributed by atoms with Crippen molar-refractivity contribution in [2.45, 2.75) is 185 Å². The summed E-state index contributed by atoms with van der Waals surface area (Å²) in [6.07, 6.45) is 25.0. The Balaban J connectivity index is 0.952. The Kier molecular flexibility index (Phi) is 11.3. The van der Waals surface area contributed by atoms with Gasteiger partial charge in [0.25, 0.3) is 0 Å². The quantitative estimate of drug-likeness (QED) is 0.0684. The van der Waals surface area contributed by atoms with E-state index in [0.717, 1.165) is 87.3 Å². The van der Waals surface area contributed by atoms with Crippen LogP contribution in [0.25, 0.3) is 0 Å². The number of fused-ring (bicyclic) bond motifs is 3. The highest BCUT2D eigenvalue weighted by atomic mass is 16.6. The molecule has 7 fully saturated rings. The first-order chi connectivity index (χ1) is 36.4. The van der Waals surface area contributed by atoms with Crippen molar-refractivity contribution < 1.29 is 39.8 Å². The third kappa shape index (κ3) is 6.29. The summed E-state index contributed by atoms with van der Waals surface area (Å²) >= 11 is 0. The van der Waals surface area contributed by atoms with Gasteiger partial charge in [-0.3, -0.25) is 4.79 Å². The molecule has 3 aliphatic heterocycles. The predicted molar refractivity (Wildman–Crippen MR) is 290 cm³/mol. The molecule has 0 unspecified atom stereocenters. The minimum absolute atomic E-state index is 0.0374. The van der Waals surface area contributed by atoms with E-state index in [-0.39, 0.29) is 59.9 Å². The van der Waals surface area contributed by atoms with Crippen molar-refractivity contribution in [2.75, 3.05) is 26.4 Å². The molecule has 14 aliphatic rings. The number of benzene rings is 1. The molecule has 5 saturated carbocycles. The Morgan fingerprint density at radius 3 is 2.57 bits per heavy atom. The first kappa shape index (κ1) is 50.7. The minimum Gasteiger partial charge on any atom is -0.396 e. The van der Waals surface area contributed by atoms with E-state index >= 15 is 9.90 Å². The van der Waals surface area contributed by atoms with Crippen molar-refractivity contribution in [3.05, 3.63) is 93.9 Å². The van der Waals surface area contributed by atoms with Crippen LogP contribution in [0.1, 0.15) is 148 Å². The number of nitrogens with two attached hydrogens (primary N) is 1. The summed E-state index contributed by atoms with van der Waals surface area (Å²) in [5.74, 6) is 7.99. The molecule has 1 aromatic carbocycles. The zero-order valence-electron chi connectivity index (χ0n) is 45.8. The highest BCUT2D eigenvalue weighted by molar-refractivity contribution is 6.01. The maximum atomic E-state index is 16.7. The highest BCUT2D eigenvalue weighted by Gasteiger charge is 2.86. The first-order valence-corrected chi connectivity index (χ1v) is 30.2. The number of carbonyl (C=O) groups is 1. The monoisotopic (exact) mass is 1030 g/mol. The number of nitrogens with one attached hydrogen (secondary N) is 1. The van der Waals surface area contributed by atoms with Gasteiger partial charge in [-0.1, -0.05) is 99.6 Å². The predicted octanol–water partition coefficient (Wildman–Crippen LogP) is 8.49. The van der Waals surface area contributed by atoms with E-state index in [9.17, 15) is 20.4 Å². The van der Waals surface area contributed by atoms with Crippen LogP contribution in [0.2, 0.25) is 0 Å². The van der Waals surface area contributed by atoms with E-state index in [4.69, 9.17) is 15.2 Å². The SMILES string of the molecule is C[C@H]1CCO[C@]([C@H]2C[C@@H]3CCC4=C5[C@@H]6[C@H](CCc7ccccc7CC#C[C@H]7C8(CCCC8)C[C@]89C=C[C@@H]%10[C@@H](C4=O)[C@]6(CC(CCO)=C8)[C@]79C[C@@H]%10O)C[C@@]2(C)[C@]53O)([C@H]2O[C@@H]2[C@](C)(O)[C@](C)(CO)CCC2=CCNC(N)=C2)C1. The Bertz CT molecular complexity index is 2850. The van der Waals surface area contributed by atoms with E-state index in [1.165, 1.54) is 16.7 Å². The number of aryl methyl sites for hydroxylation is 1. The Hall–Kier alpha value is -3.53. The average Bonchev–Trinajstić information content (AvgIpc) is 2.18. The van der Waals surface area contributed by atoms with Crippen LogP contribution in [-0.2, 0) is 27.1 Å². The molecule has 11 aliphatic carbocycles. The highest BCUT2D eigenvalue weighted by Crippen LogP contribution is 2.88. The minimum atomic E-state index is -1.42. The maximum Gasteiger partial charge on any atom is 0.163 e. The molecule has 4 bridgehead atoms. The Morgan fingerprint density at radius 1 is 1.00 bits per heavy atom. The molecule has 76 heavy (non-hydrogen) atoms. The molecular weight excluding hydrogens is 949 g/mol. The molecule has 1 aromatic rings. The van der Waals surface area contributed by atoms with Crippen molar-refractivity contribution in [1.29, 1.82) is 0 Å². The number of aliphatic hydroxyl groups is 5. The largest absolute Gasteiger partial charge is 0.396 e. The van der Waals surface area contributed by atoms with E-state index in [1.54, 1.807) is 0 Å². The van der Waals surface area contributed by atoms with Crippen molar-refractivity contribution in [1.82, 2.24) is 5.32 Å².